The van der Waals surface area contributed by atoms with Crippen molar-refractivity contribution in [2.75, 3.05) is 42.3 Å². The molecule has 0 heterocycles. The van der Waals surface area contributed by atoms with Crippen LogP contribution in [-0.4, -0.2) is 62.1 Å². The maximum atomic E-state index is 10.5. The molecule has 0 aliphatic carbocycles. The molecule has 0 saturated carbocycles. The minimum Gasteiger partial charge on any atom is -0.507 e. The molecule has 19 heavy (non-hydrogen) atoms. The molecule has 4 nitrogen and oxygen atoms in total. The molecule has 0 saturated heterocycles. The van der Waals surface area contributed by atoms with Gasteiger partial charge in [-0.25, -0.2) is 0 Å². The van der Waals surface area contributed by atoms with Crippen LogP contribution in [0.4, 0.5) is 0 Å². The standard InChI is InChI=1S/C15H27N3O/c1-16(2)9-12-7-8-13(10-17(3)4)15(19)14(12)11-18(5)6/h7-8,19H,9-11H2,1-6H3. The van der Waals surface area contributed by atoms with Gasteiger partial charge < -0.3 is 19.8 Å². The van der Waals surface area contributed by atoms with E-state index < -0.39 is 0 Å². The topological polar surface area (TPSA) is 30.0 Å². The largest absolute Gasteiger partial charge is 0.507 e. The van der Waals surface area contributed by atoms with Gasteiger partial charge in [-0.3, -0.25) is 0 Å². The van der Waals surface area contributed by atoms with Crippen molar-refractivity contribution in [1.29, 1.82) is 0 Å². The van der Waals surface area contributed by atoms with Crippen LogP contribution in [0.2, 0.25) is 0 Å². The van der Waals surface area contributed by atoms with Gasteiger partial charge in [-0.05, 0) is 47.8 Å². The SMILES string of the molecule is CN(C)Cc1ccc(CN(C)C)c(CN(C)C)c1O. The van der Waals surface area contributed by atoms with E-state index in [0.717, 1.165) is 30.8 Å². The zero-order valence-electron chi connectivity index (χ0n) is 13.1. The van der Waals surface area contributed by atoms with Crippen molar-refractivity contribution < 1.29 is 5.11 Å². The third-order valence-electron chi connectivity index (χ3n) is 2.91. The lowest BCUT2D eigenvalue weighted by molar-refractivity contribution is 0.358. The molecule has 1 N–H and O–H groups in total. The Morgan fingerprint density at radius 2 is 1.16 bits per heavy atom. The maximum Gasteiger partial charge on any atom is 0.124 e. The van der Waals surface area contributed by atoms with E-state index in [1.54, 1.807) is 0 Å². The summed E-state index contributed by atoms with van der Waals surface area (Å²) in [5.74, 6) is 0.446. The van der Waals surface area contributed by atoms with E-state index in [9.17, 15) is 5.11 Å². The zero-order valence-corrected chi connectivity index (χ0v) is 13.1. The first-order valence-corrected chi connectivity index (χ1v) is 6.58. The molecule has 0 bridgehead atoms. The van der Waals surface area contributed by atoms with Gasteiger partial charge in [-0.15, -0.1) is 0 Å². The maximum absolute atomic E-state index is 10.5. The molecule has 4 heteroatoms. The molecule has 0 amide bonds. The van der Waals surface area contributed by atoms with Crippen molar-refractivity contribution in [3.8, 4) is 5.75 Å². The number of aromatic hydroxyl groups is 1. The Morgan fingerprint density at radius 3 is 1.63 bits per heavy atom. The highest BCUT2D eigenvalue weighted by Crippen LogP contribution is 2.28. The molecule has 0 aromatic heterocycles. The second-order valence-corrected chi connectivity index (χ2v) is 5.92. The van der Waals surface area contributed by atoms with Crippen LogP contribution in [0.1, 0.15) is 16.7 Å². The molecule has 0 aliphatic heterocycles. The molecule has 0 atom stereocenters. The van der Waals surface area contributed by atoms with Crippen LogP contribution in [-0.2, 0) is 19.6 Å². The van der Waals surface area contributed by atoms with Crippen LogP contribution in [0, 0.1) is 0 Å². The molecule has 1 rings (SSSR count). The van der Waals surface area contributed by atoms with Crippen molar-refractivity contribution in [2.45, 2.75) is 19.6 Å². The Bertz CT molecular complexity index is 414. The average molecular weight is 265 g/mol. The number of rotatable bonds is 6. The lowest BCUT2D eigenvalue weighted by atomic mass is 10.0. The predicted octanol–water partition coefficient (Wildman–Crippen LogP) is 1.58. The molecular weight excluding hydrogens is 238 g/mol. The Morgan fingerprint density at radius 1 is 0.737 bits per heavy atom. The Labute approximate surface area is 117 Å². The third kappa shape index (κ3) is 4.82. The van der Waals surface area contributed by atoms with Gasteiger partial charge in [0.05, 0.1) is 0 Å². The summed E-state index contributed by atoms with van der Waals surface area (Å²) in [6.07, 6.45) is 0. The predicted molar refractivity (Wildman–Crippen MR) is 80.3 cm³/mol. The molecule has 0 aliphatic rings. The van der Waals surface area contributed by atoms with Crippen LogP contribution >= 0.6 is 0 Å². The van der Waals surface area contributed by atoms with E-state index in [1.807, 2.05) is 48.4 Å². The van der Waals surface area contributed by atoms with Crippen molar-refractivity contribution in [3.63, 3.8) is 0 Å². The highest BCUT2D eigenvalue weighted by molar-refractivity contribution is 5.45. The third-order valence-corrected chi connectivity index (χ3v) is 2.91. The number of benzene rings is 1. The van der Waals surface area contributed by atoms with Crippen molar-refractivity contribution >= 4 is 0 Å². The van der Waals surface area contributed by atoms with Gasteiger partial charge in [0.15, 0.2) is 0 Å². The van der Waals surface area contributed by atoms with Gasteiger partial charge in [0.2, 0.25) is 0 Å². The summed E-state index contributed by atoms with van der Waals surface area (Å²) in [4.78, 5) is 6.29. The quantitative estimate of drug-likeness (QED) is 0.846. The Balaban J connectivity index is 3.15. The second kappa shape index (κ2) is 6.89. The van der Waals surface area contributed by atoms with Gasteiger partial charge >= 0.3 is 0 Å². The number of nitrogens with zero attached hydrogens (tertiary/aromatic N) is 3. The Kier molecular flexibility index (Phi) is 5.79. The molecule has 0 spiro atoms. The van der Waals surface area contributed by atoms with E-state index in [-0.39, 0.29) is 0 Å². The summed E-state index contributed by atoms with van der Waals surface area (Å²) >= 11 is 0. The van der Waals surface area contributed by atoms with Crippen molar-refractivity contribution in [1.82, 2.24) is 14.7 Å². The van der Waals surface area contributed by atoms with Gasteiger partial charge in [-0.1, -0.05) is 12.1 Å². The fourth-order valence-corrected chi connectivity index (χ4v) is 2.18. The molecule has 0 radical (unpaired) electrons. The fraction of sp³-hybridized carbons (Fsp3) is 0.600. The molecule has 108 valence electrons. The number of phenols is 1. The highest BCUT2D eigenvalue weighted by Gasteiger charge is 2.14. The van der Waals surface area contributed by atoms with Crippen LogP contribution < -0.4 is 0 Å². The fourth-order valence-electron chi connectivity index (χ4n) is 2.18. The van der Waals surface area contributed by atoms with E-state index >= 15 is 0 Å². The van der Waals surface area contributed by atoms with Crippen molar-refractivity contribution in [3.05, 3.63) is 28.8 Å². The van der Waals surface area contributed by atoms with Crippen LogP contribution in [0.15, 0.2) is 12.1 Å². The minimum atomic E-state index is 0.446. The molecule has 0 fully saturated rings. The van der Waals surface area contributed by atoms with E-state index in [0.29, 0.717) is 5.75 Å². The zero-order chi connectivity index (χ0) is 14.6. The van der Waals surface area contributed by atoms with Gasteiger partial charge in [0, 0.05) is 30.8 Å². The number of hydrogen-bond acceptors (Lipinski definition) is 4. The van der Waals surface area contributed by atoms with Gasteiger partial charge in [0.25, 0.3) is 0 Å². The summed E-state index contributed by atoms with van der Waals surface area (Å²) in [7, 11) is 12.2. The lowest BCUT2D eigenvalue weighted by Gasteiger charge is -2.21. The molecule has 0 unspecified atom stereocenters. The Hall–Kier alpha value is -1.10. The van der Waals surface area contributed by atoms with Crippen LogP contribution in [0.5, 0.6) is 5.75 Å². The summed E-state index contributed by atoms with van der Waals surface area (Å²) in [5.41, 5.74) is 3.22. The first-order chi connectivity index (χ1) is 8.81. The van der Waals surface area contributed by atoms with Gasteiger partial charge in [-0.2, -0.15) is 0 Å². The normalized spacial score (nSPS) is 11.8. The average Bonchev–Trinajstić information content (AvgIpc) is 2.26. The van der Waals surface area contributed by atoms with E-state index in [2.05, 4.69) is 20.8 Å². The smallest absolute Gasteiger partial charge is 0.124 e. The molecule has 1 aromatic rings. The molecular formula is C15H27N3O. The van der Waals surface area contributed by atoms with Crippen LogP contribution in [0.3, 0.4) is 0 Å². The summed E-state index contributed by atoms with van der Waals surface area (Å²) in [6, 6.07) is 4.17. The summed E-state index contributed by atoms with van der Waals surface area (Å²) < 4.78 is 0. The first kappa shape index (κ1) is 16.0. The number of hydrogen-bond donors (Lipinski definition) is 1. The van der Waals surface area contributed by atoms with Crippen LogP contribution in [0.25, 0.3) is 0 Å². The monoisotopic (exact) mass is 265 g/mol. The second-order valence-electron chi connectivity index (χ2n) is 5.92. The van der Waals surface area contributed by atoms with E-state index in [4.69, 9.17) is 0 Å². The number of phenolic OH excluding ortho intramolecular Hbond substituents is 1. The lowest BCUT2D eigenvalue weighted by Crippen LogP contribution is -2.18. The summed E-state index contributed by atoms with van der Waals surface area (Å²) in [5, 5.41) is 10.5. The highest BCUT2D eigenvalue weighted by atomic mass is 16.3. The van der Waals surface area contributed by atoms with E-state index in [1.165, 1.54) is 5.56 Å². The van der Waals surface area contributed by atoms with Gasteiger partial charge in [0.1, 0.15) is 5.75 Å². The summed E-state index contributed by atoms with van der Waals surface area (Å²) in [6.45, 7) is 2.36. The first-order valence-electron chi connectivity index (χ1n) is 6.58. The molecule has 1 aromatic carbocycles. The minimum absolute atomic E-state index is 0.446. The van der Waals surface area contributed by atoms with Crippen molar-refractivity contribution in [2.24, 2.45) is 0 Å².